The van der Waals surface area contributed by atoms with Gasteiger partial charge in [0.15, 0.2) is 11.5 Å². The first-order chi connectivity index (χ1) is 11.6. The highest BCUT2D eigenvalue weighted by atomic mass is 19.1. The van der Waals surface area contributed by atoms with Crippen molar-refractivity contribution in [3.05, 3.63) is 65.6 Å². The molecule has 1 amide bonds. The summed E-state index contributed by atoms with van der Waals surface area (Å²) < 4.78 is 28.9. The summed E-state index contributed by atoms with van der Waals surface area (Å²) in [5, 5.41) is 8.32. The topological polar surface area (TPSA) is 50.5 Å². The van der Waals surface area contributed by atoms with Gasteiger partial charge in [-0.15, -0.1) is 10.2 Å². The third-order valence-corrected chi connectivity index (χ3v) is 4.31. The van der Waals surface area contributed by atoms with Crippen LogP contribution in [0.5, 0.6) is 0 Å². The molecule has 4 rings (SSSR count). The maximum absolute atomic E-state index is 14.0. The van der Waals surface area contributed by atoms with Gasteiger partial charge in [-0.1, -0.05) is 6.07 Å². The smallest absolute Gasteiger partial charge is 0.257 e. The van der Waals surface area contributed by atoms with Gasteiger partial charge in [0.2, 0.25) is 0 Å². The highest BCUT2D eigenvalue weighted by Crippen LogP contribution is 2.32. The average Bonchev–Trinajstić information content (AvgIpc) is 3.20. The molecule has 3 aromatic rings. The SMILES string of the molecule is O=C(c1ccc(F)cc1F)N1CCCC1c1nnc2ccccn12. The molecular weight excluding hydrogens is 314 g/mol. The van der Waals surface area contributed by atoms with Gasteiger partial charge < -0.3 is 4.90 Å². The largest absolute Gasteiger partial charge is 0.328 e. The molecule has 2 aromatic heterocycles. The van der Waals surface area contributed by atoms with Gasteiger partial charge >= 0.3 is 0 Å². The van der Waals surface area contributed by atoms with Crippen LogP contribution < -0.4 is 0 Å². The lowest BCUT2D eigenvalue weighted by molar-refractivity contribution is 0.0724. The van der Waals surface area contributed by atoms with Gasteiger partial charge in [0.05, 0.1) is 11.6 Å². The molecule has 0 aliphatic carbocycles. The second kappa shape index (κ2) is 5.67. The van der Waals surface area contributed by atoms with E-state index in [0.29, 0.717) is 18.0 Å². The van der Waals surface area contributed by atoms with E-state index in [1.807, 2.05) is 28.8 Å². The Hall–Kier alpha value is -2.83. The van der Waals surface area contributed by atoms with E-state index < -0.39 is 17.5 Å². The Labute approximate surface area is 136 Å². The second-order valence-corrected chi connectivity index (χ2v) is 5.77. The summed E-state index contributed by atoms with van der Waals surface area (Å²) in [4.78, 5) is 14.3. The van der Waals surface area contributed by atoms with Crippen LogP contribution in [0.2, 0.25) is 0 Å². The number of amides is 1. The third kappa shape index (κ3) is 2.33. The summed E-state index contributed by atoms with van der Waals surface area (Å²) in [6.45, 7) is 0.502. The molecule has 5 nitrogen and oxygen atoms in total. The van der Waals surface area contributed by atoms with Crippen LogP contribution in [0.3, 0.4) is 0 Å². The molecule has 0 bridgehead atoms. The van der Waals surface area contributed by atoms with Crippen molar-refractivity contribution in [3.63, 3.8) is 0 Å². The summed E-state index contributed by atoms with van der Waals surface area (Å²) in [6, 6.07) is 8.28. The Morgan fingerprint density at radius 3 is 2.88 bits per heavy atom. The lowest BCUT2D eigenvalue weighted by Gasteiger charge is -2.23. The van der Waals surface area contributed by atoms with Crippen LogP contribution in [0.25, 0.3) is 5.65 Å². The first-order valence-corrected chi connectivity index (χ1v) is 7.71. The molecule has 0 saturated carbocycles. The molecule has 1 fully saturated rings. The van der Waals surface area contributed by atoms with Crippen LogP contribution in [-0.4, -0.2) is 31.9 Å². The maximum Gasteiger partial charge on any atom is 0.257 e. The zero-order valence-corrected chi connectivity index (χ0v) is 12.7. The van der Waals surface area contributed by atoms with Crippen LogP contribution in [0.4, 0.5) is 8.78 Å². The van der Waals surface area contributed by atoms with Gasteiger partial charge in [-0.05, 0) is 37.1 Å². The van der Waals surface area contributed by atoms with Crippen molar-refractivity contribution in [3.8, 4) is 0 Å². The van der Waals surface area contributed by atoms with Gasteiger partial charge in [-0.2, -0.15) is 0 Å². The van der Waals surface area contributed by atoms with E-state index in [1.54, 1.807) is 4.90 Å². The lowest BCUT2D eigenvalue weighted by atomic mass is 10.1. The number of hydrogen-bond acceptors (Lipinski definition) is 3. The third-order valence-electron chi connectivity index (χ3n) is 4.31. The summed E-state index contributed by atoms with van der Waals surface area (Å²) in [5.74, 6) is -1.36. The van der Waals surface area contributed by atoms with Gasteiger partial charge in [0, 0.05) is 18.8 Å². The number of carbonyl (C=O) groups is 1. The minimum atomic E-state index is -0.850. The molecule has 7 heteroatoms. The number of fused-ring (bicyclic) bond motifs is 1. The molecule has 0 spiro atoms. The molecule has 1 unspecified atom stereocenters. The van der Waals surface area contributed by atoms with E-state index in [9.17, 15) is 13.6 Å². The standard InChI is InChI=1S/C17H14F2N4O/c18-11-6-7-12(13(19)10-11)17(24)22-9-3-4-14(22)16-21-20-15-5-1-2-8-23(15)16/h1-2,5-8,10,14H,3-4,9H2. The predicted molar refractivity (Wildman–Crippen MR) is 82.4 cm³/mol. The van der Waals surface area contributed by atoms with Crippen molar-refractivity contribution in [2.24, 2.45) is 0 Å². The zero-order chi connectivity index (χ0) is 16.7. The molecular formula is C17H14F2N4O. The molecule has 1 saturated heterocycles. The Bertz CT molecular complexity index is 924. The molecule has 0 radical (unpaired) electrons. The number of aromatic nitrogens is 3. The van der Waals surface area contributed by atoms with Gasteiger partial charge in [-0.25, -0.2) is 8.78 Å². The number of hydrogen-bond donors (Lipinski definition) is 0. The molecule has 3 heterocycles. The molecule has 0 N–H and O–H groups in total. The molecule has 1 aliphatic rings. The fraction of sp³-hybridized carbons (Fsp3) is 0.235. The van der Waals surface area contributed by atoms with Gasteiger partial charge in [0.25, 0.3) is 5.91 Å². The molecule has 1 aliphatic heterocycles. The second-order valence-electron chi connectivity index (χ2n) is 5.77. The highest BCUT2D eigenvalue weighted by molar-refractivity contribution is 5.94. The van der Waals surface area contributed by atoms with Gasteiger partial charge in [0.1, 0.15) is 11.6 Å². The maximum atomic E-state index is 14.0. The predicted octanol–water partition coefficient (Wildman–Crippen LogP) is 2.98. The Balaban J connectivity index is 1.71. The quantitative estimate of drug-likeness (QED) is 0.727. The number of pyridine rings is 1. The molecule has 1 atom stereocenters. The highest BCUT2D eigenvalue weighted by Gasteiger charge is 2.34. The number of nitrogens with zero attached hydrogens (tertiary/aromatic N) is 4. The first-order valence-electron chi connectivity index (χ1n) is 7.71. The fourth-order valence-electron chi connectivity index (χ4n) is 3.18. The lowest BCUT2D eigenvalue weighted by Crippen LogP contribution is -2.32. The van der Waals surface area contributed by atoms with Crippen molar-refractivity contribution in [2.75, 3.05) is 6.54 Å². The minimum absolute atomic E-state index is 0.128. The van der Waals surface area contributed by atoms with E-state index in [0.717, 1.165) is 25.0 Å². The van der Waals surface area contributed by atoms with Crippen molar-refractivity contribution in [2.45, 2.75) is 18.9 Å². The molecule has 122 valence electrons. The fourth-order valence-corrected chi connectivity index (χ4v) is 3.18. The van der Waals surface area contributed by atoms with E-state index in [2.05, 4.69) is 10.2 Å². The summed E-state index contributed by atoms with van der Waals surface area (Å²) >= 11 is 0. The van der Waals surface area contributed by atoms with E-state index in [4.69, 9.17) is 0 Å². The number of halogens is 2. The average molecular weight is 328 g/mol. The Kier molecular flexibility index (Phi) is 3.48. The normalized spacial score (nSPS) is 17.6. The van der Waals surface area contributed by atoms with Crippen molar-refractivity contribution < 1.29 is 13.6 Å². The molecule has 1 aromatic carbocycles. The number of benzene rings is 1. The summed E-state index contributed by atoms with van der Waals surface area (Å²) in [6.07, 6.45) is 3.36. The number of likely N-dealkylation sites (tertiary alicyclic amines) is 1. The van der Waals surface area contributed by atoms with Crippen LogP contribution >= 0.6 is 0 Å². The first kappa shape index (κ1) is 14.7. The Morgan fingerprint density at radius 1 is 1.17 bits per heavy atom. The monoisotopic (exact) mass is 328 g/mol. The number of rotatable bonds is 2. The minimum Gasteiger partial charge on any atom is -0.328 e. The van der Waals surface area contributed by atoms with E-state index in [-0.39, 0.29) is 11.6 Å². The van der Waals surface area contributed by atoms with Crippen LogP contribution in [0, 0.1) is 11.6 Å². The van der Waals surface area contributed by atoms with Gasteiger partial charge in [-0.3, -0.25) is 9.20 Å². The summed E-state index contributed by atoms with van der Waals surface area (Å²) in [5.41, 5.74) is 0.567. The van der Waals surface area contributed by atoms with Crippen LogP contribution in [0.15, 0.2) is 42.6 Å². The van der Waals surface area contributed by atoms with Crippen molar-refractivity contribution in [1.82, 2.24) is 19.5 Å². The van der Waals surface area contributed by atoms with Crippen LogP contribution in [0.1, 0.15) is 35.1 Å². The van der Waals surface area contributed by atoms with Crippen LogP contribution in [-0.2, 0) is 0 Å². The Morgan fingerprint density at radius 2 is 2.04 bits per heavy atom. The van der Waals surface area contributed by atoms with E-state index >= 15 is 0 Å². The zero-order valence-electron chi connectivity index (χ0n) is 12.7. The summed E-state index contributed by atoms with van der Waals surface area (Å²) in [7, 11) is 0. The van der Waals surface area contributed by atoms with Crippen molar-refractivity contribution >= 4 is 11.6 Å². The van der Waals surface area contributed by atoms with E-state index in [1.165, 1.54) is 6.07 Å². The molecule has 24 heavy (non-hydrogen) atoms. The van der Waals surface area contributed by atoms with Crippen molar-refractivity contribution in [1.29, 1.82) is 0 Å². The number of carbonyl (C=O) groups excluding carboxylic acids is 1.